The van der Waals surface area contributed by atoms with Crippen molar-refractivity contribution in [2.24, 2.45) is 27.6 Å². The van der Waals surface area contributed by atoms with Crippen LogP contribution in [0.5, 0.6) is 0 Å². The van der Waals surface area contributed by atoms with E-state index in [4.69, 9.17) is 16.3 Å². The van der Waals surface area contributed by atoms with Crippen molar-refractivity contribution >= 4 is 40.7 Å². The highest BCUT2D eigenvalue weighted by molar-refractivity contribution is 6.48. The first-order chi connectivity index (χ1) is 20.8. The van der Waals surface area contributed by atoms with Gasteiger partial charge in [0, 0.05) is 42.8 Å². The van der Waals surface area contributed by atoms with Gasteiger partial charge in [-0.3, -0.25) is 24.5 Å². The van der Waals surface area contributed by atoms with Crippen molar-refractivity contribution in [1.29, 1.82) is 0 Å². The van der Waals surface area contributed by atoms with Crippen LogP contribution in [0.25, 0.3) is 5.57 Å². The van der Waals surface area contributed by atoms with Gasteiger partial charge in [-0.2, -0.15) is 5.10 Å². The second-order valence-corrected chi connectivity index (χ2v) is 10.6. The molecule has 0 spiro atoms. The van der Waals surface area contributed by atoms with Crippen LogP contribution in [0.1, 0.15) is 89.6 Å². The lowest BCUT2D eigenvalue weighted by atomic mass is 10.00. The molecule has 234 valence electrons. The van der Waals surface area contributed by atoms with Crippen LogP contribution < -0.4 is 22.2 Å². The molecule has 1 fully saturated rings. The van der Waals surface area contributed by atoms with Crippen molar-refractivity contribution in [3.05, 3.63) is 53.7 Å². The lowest BCUT2D eigenvalue weighted by Crippen LogP contribution is -2.26. The molecule has 2 aromatic heterocycles. The summed E-state index contributed by atoms with van der Waals surface area (Å²) >= 11 is 0. The predicted molar refractivity (Wildman–Crippen MR) is 175 cm³/mol. The Bertz CT molecular complexity index is 1250. The molecule has 0 aromatic carbocycles. The van der Waals surface area contributed by atoms with Gasteiger partial charge in [-0.15, -0.1) is 0 Å². The van der Waals surface area contributed by atoms with E-state index in [0.29, 0.717) is 42.3 Å². The van der Waals surface area contributed by atoms with E-state index >= 15 is 0 Å². The van der Waals surface area contributed by atoms with Gasteiger partial charge < -0.3 is 26.9 Å². The third-order valence-corrected chi connectivity index (χ3v) is 6.97. The lowest BCUT2D eigenvalue weighted by Gasteiger charge is -2.11. The molecular formula is C32H48N8O3. The largest absolute Gasteiger partial charge is 0.404 e. The van der Waals surface area contributed by atoms with Gasteiger partial charge in [0.1, 0.15) is 0 Å². The number of hydrogen-bond acceptors (Lipinski definition) is 9. The first kappa shape index (κ1) is 35.1. The highest BCUT2D eigenvalue weighted by atomic mass is 16.5. The molecule has 0 radical (unpaired) electrons. The Hall–Kier alpha value is -4.12. The zero-order valence-electron chi connectivity index (χ0n) is 26.2. The number of nitrogens with one attached hydrogen (secondary N) is 2. The number of allylic oxidation sites excluding steroid dienone is 1. The Labute approximate surface area is 255 Å². The van der Waals surface area contributed by atoms with Gasteiger partial charge in [-0.05, 0) is 31.4 Å². The van der Waals surface area contributed by atoms with Crippen molar-refractivity contribution in [3.8, 4) is 0 Å². The Kier molecular flexibility index (Phi) is 15.6. The Morgan fingerprint density at radius 3 is 2.51 bits per heavy atom. The molecule has 0 aliphatic carbocycles. The Balaban J connectivity index is 0.000000621. The highest BCUT2D eigenvalue weighted by Crippen LogP contribution is 2.19. The number of rotatable bonds is 13. The van der Waals surface area contributed by atoms with Crippen LogP contribution >= 0.6 is 0 Å². The molecule has 3 rings (SSSR count). The average Bonchev–Trinajstić information content (AvgIpc) is 3.53. The SMILES string of the molecule is CCC(=O)Nc1cnc(C)c(NC(=O)/C(=N/N)c2ccc(/C(C=NC3CCOC3)=C/N)cn2)c1.CCCCC(C)CCC. The molecule has 6 N–H and O–H groups in total. The summed E-state index contributed by atoms with van der Waals surface area (Å²) in [6, 6.07) is 5.11. The second kappa shape index (κ2) is 19.1. The minimum Gasteiger partial charge on any atom is -0.404 e. The molecule has 0 saturated carbocycles. The summed E-state index contributed by atoms with van der Waals surface area (Å²) < 4.78 is 5.32. The maximum absolute atomic E-state index is 12.9. The van der Waals surface area contributed by atoms with Crippen LogP contribution in [0, 0.1) is 12.8 Å². The summed E-state index contributed by atoms with van der Waals surface area (Å²) in [7, 11) is 0. The maximum Gasteiger partial charge on any atom is 0.278 e. The third-order valence-electron chi connectivity index (χ3n) is 6.97. The van der Waals surface area contributed by atoms with Crippen LogP contribution in [0.2, 0.25) is 0 Å². The Morgan fingerprint density at radius 1 is 1.14 bits per heavy atom. The van der Waals surface area contributed by atoms with E-state index in [-0.39, 0.29) is 23.4 Å². The van der Waals surface area contributed by atoms with Crippen molar-refractivity contribution < 1.29 is 14.3 Å². The number of ether oxygens (including phenoxy) is 1. The van der Waals surface area contributed by atoms with Gasteiger partial charge in [0.05, 0.1) is 41.6 Å². The Morgan fingerprint density at radius 2 is 1.93 bits per heavy atom. The van der Waals surface area contributed by atoms with Crippen molar-refractivity contribution in [1.82, 2.24) is 9.97 Å². The van der Waals surface area contributed by atoms with Crippen molar-refractivity contribution in [2.75, 3.05) is 23.8 Å². The molecule has 11 heteroatoms. The van der Waals surface area contributed by atoms with E-state index in [1.54, 1.807) is 44.5 Å². The van der Waals surface area contributed by atoms with E-state index in [1.807, 2.05) is 0 Å². The summed E-state index contributed by atoms with van der Waals surface area (Å²) in [6.07, 6.45) is 14.4. The number of hydrogen-bond donors (Lipinski definition) is 4. The third kappa shape index (κ3) is 12.0. The zero-order chi connectivity index (χ0) is 31.6. The number of hydrazone groups is 1. The average molecular weight is 593 g/mol. The van der Waals surface area contributed by atoms with Gasteiger partial charge >= 0.3 is 0 Å². The van der Waals surface area contributed by atoms with Crippen LogP contribution in [0.3, 0.4) is 0 Å². The first-order valence-electron chi connectivity index (χ1n) is 15.1. The fourth-order valence-corrected chi connectivity index (χ4v) is 4.33. The summed E-state index contributed by atoms with van der Waals surface area (Å²) in [6.45, 7) is 11.7. The molecule has 2 atom stereocenters. The van der Waals surface area contributed by atoms with Crippen LogP contribution in [0.4, 0.5) is 11.4 Å². The molecule has 2 aromatic rings. The van der Waals surface area contributed by atoms with Gasteiger partial charge in [0.25, 0.3) is 5.91 Å². The summed E-state index contributed by atoms with van der Waals surface area (Å²) in [5, 5.41) is 9.05. The smallest absolute Gasteiger partial charge is 0.278 e. The standard InChI is InChI=1S/C23H28N8O3.C9H20/c1-3-21(32)29-18-8-20(14(2)26-12-18)30-23(33)22(31-25)19-5-4-15(10-28-19)16(9-24)11-27-17-6-7-34-13-17;1-4-6-8-9(3)7-5-2/h4-5,8-12,17H,3,6-7,13,24-25H2,1-2H3,(H,29,32)(H,30,33);9H,4-8H2,1-3H3/b16-9+,27-11?,31-22+;. The number of aromatic nitrogens is 2. The van der Waals surface area contributed by atoms with Gasteiger partial charge in [0.15, 0.2) is 5.71 Å². The van der Waals surface area contributed by atoms with E-state index in [9.17, 15) is 9.59 Å². The molecule has 1 aliphatic heterocycles. The molecule has 0 bridgehead atoms. The van der Waals surface area contributed by atoms with Crippen LogP contribution in [0.15, 0.2) is 46.9 Å². The monoisotopic (exact) mass is 592 g/mol. The number of amides is 2. The molecule has 11 nitrogen and oxygen atoms in total. The summed E-state index contributed by atoms with van der Waals surface area (Å²) in [5.74, 6) is 5.74. The van der Waals surface area contributed by atoms with E-state index in [0.717, 1.165) is 17.9 Å². The summed E-state index contributed by atoms with van der Waals surface area (Å²) in [5.41, 5.74) is 8.83. The van der Waals surface area contributed by atoms with Gasteiger partial charge in [-0.1, -0.05) is 65.9 Å². The molecule has 3 heterocycles. The van der Waals surface area contributed by atoms with Crippen molar-refractivity contribution in [2.45, 2.75) is 85.6 Å². The highest BCUT2D eigenvalue weighted by Gasteiger charge is 2.18. The number of pyridine rings is 2. The maximum atomic E-state index is 12.9. The quantitative estimate of drug-likeness (QED) is 0.141. The number of aryl methyl sites for hydroxylation is 1. The molecule has 1 saturated heterocycles. The molecule has 1 aliphatic rings. The normalized spacial score (nSPS) is 16.0. The fraction of sp³-hybridized carbons (Fsp3) is 0.500. The zero-order valence-corrected chi connectivity index (χ0v) is 26.2. The fourth-order valence-electron chi connectivity index (χ4n) is 4.33. The predicted octanol–water partition coefficient (Wildman–Crippen LogP) is 5.21. The van der Waals surface area contributed by atoms with Gasteiger partial charge in [-0.25, -0.2) is 0 Å². The number of nitrogens with zero attached hydrogens (tertiary/aromatic N) is 4. The second-order valence-electron chi connectivity index (χ2n) is 10.6. The number of nitrogens with two attached hydrogens (primary N) is 2. The van der Waals surface area contributed by atoms with Crippen LogP contribution in [-0.4, -0.2) is 53.0 Å². The first-order valence-corrected chi connectivity index (χ1v) is 15.1. The number of carbonyl (C=O) groups excluding carboxylic acids is 2. The van der Waals surface area contributed by atoms with Gasteiger partial charge in [0.2, 0.25) is 5.91 Å². The molecule has 2 unspecified atom stereocenters. The number of aliphatic imine (C=N–C) groups is 1. The molecular weight excluding hydrogens is 544 g/mol. The molecule has 2 amide bonds. The van der Waals surface area contributed by atoms with E-state index in [1.165, 1.54) is 44.5 Å². The topological polar surface area (TPSA) is 170 Å². The minimum absolute atomic E-state index is 0.0657. The number of anilines is 2. The van der Waals surface area contributed by atoms with E-state index < -0.39 is 5.91 Å². The van der Waals surface area contributed by atoms with Crippen LogP contribution in [-0.2, 0) is 14.3 Å². The van der Waals surface area contributed by atoms with E-state index in [2.05, 4.69) is 51.5 Å². The van der Waals surface area contributed by atoms with Crippen molar-refractivity contribution in [3.63, 3.8) is 0 Å². The molecule has 43 heavy (non-hydrogen) atoms. The number of unbranched alkanes of at least 4 members (excludes halogenated alkanes) is 1. The number of carbonyl (C=O) groups is 2. The summed E-state index contributed by atoms with van der Waals surface area (Å²) in [4.78, 5) is 37.5. The lowest BCUT2D eigenvalue weighted by molar-refractivity contribution is -0.116. The minimum atomic E-state index is -0.566.